The SMILES string of the molecule is Cc1ccc(C(=O)NCc2ccc(C(=O)O)o2)cc1N. The zero-order valence-electron chi connectivity index (χ0n) is 10.8. The summed E-state index contributed by atoms with van der Waals surface area (Å²) in [6.45, 7) is 1.97. The number of nitrogen functional groups attached to an aromatic ring is 1. The summed E-state index contributed by atoms with van der Waals surface area (Å²) in [7, 11) is 0. The first kappa shape index (κ1) is 13.7. The number of furan rings is 1. The van der Waals surface area contributed by atoms with Gasteiger partial charge in [-0.2, -0.15) is 0 Å². The first-order valence-electron chi connectivity index (χ1n) is 5.93. The summed E-state index contributed by atoms with van der Waals surface area (Å²) in [5.74, 6) is -1.23. The lowest BCUT2D eigenvalue weighted by Crippen LogP contribution is -2.22. The van der Waals surface area contributed by atoms with Crippen LogP contribution >= 0.6 is 0 Å². The Morgan fingerprint density at radius 2 is 2.05 bits per heavy atom. The molecule has 2 rings (SSSR count). The molecular weight excluding hydrogens is 260 g/mol. The van der Waals surface area contributed by atoms with Crippen molar-refractivity contribution < 1.29 is 19.1 Å². The summed E-state index contributed by atoms with van der Waals surface area (Å²) >= 11 is 0. The Labute approximate surface area is 115 Å². The molecule has 104 valence electrons. The molecule has 0 saturated heterocycles. The molecule has 0 aliphatic heterocycles. The number of nitrogens with one attached hydrogen (secondary N) is 1. The van der Waals surface area contributed by atoms with Crippen LogP contribution in [0.15, 0.2) is 34.7 Å². The topological polar surface area (TPSA) is 106 Å². The van der Waals surface area contributed by atoms with E-state index in [4.69, 9.17) is 15.3 Å². The number of carbonyl (C=O) groups is 2. The normalized spacial score (nSPS) is 10.2. The van der Waals surface area contributed by atoms with E-state index in [0.717, 1.165) is 5.56 Å². The van der Waals surface area contributed by atoms with Gasteiger partial charge < -0.3 is 20.6 Å². The second-order valence-electron chi connectivity index (χ2n) is 4.33. The molecule has 1 aromatic carbocycles. The number of hydrogen-bond donors (Lipinski definition) is 3. The fourth-order valence-electron chi connectivity index (χ4n) is 1.64. The molecule has 0 saturated carbocycles. The average molecular weight is 274 g/mol. The van der Waals surface area contributed by atoms with Gasteiger partial charge in [0.25, 0.3) is 5.91 Å². The van der Waals surface area contributed by atoms with Gasteiger partial charge in [0.15, 0.2) is 0 Å². The summed E-state index contributed by atoms with van der Waals surface area (Å²) in [4.78, 5) is 22.5. The van der Waals surface area contributed by atoms with Gasteiger partial charge in [-0.05, 0) is 36.8 Å². The third-order valence-corrected chi connectivity index (χ3v) is 2.84. The van der Waals surface area contributed by atoms with Crippen molar-refractivity contribution in [2.75, 3.05) is 5.73 Å². The molecule has 0 bridgehead atoms. The summed E-state index contributed by atoms with van der Waals surface area (Å²) in [5, 5.41) is 11.3. The maximum Gasteiger partial charge on any atom is 0.371 e. The molecule has 0 radical (unpaired) electrons. The average Bonchev–Trinajstić information content (AvgIpc) is 2.88. The standard InChI is InChI=1S/C14H14N2O4/c1-8-2-3-9(6-11(8)15)13(17)16-7-10-4-5-12(20-10)14(18)19/h2-6H,7,15H2,1H3,(H,16,17)(H,18,19). The van der Waals surface area contributed by atoms with E-state index in [1.165, 1.54) is 12.1 Å². The van der Waals surface area contributed by atoms with Gasteiger partial charge in [0.05, 0.1) is 6.54 Å². The zero-order valence-corrected chi connectivity index (χ0v) is 10.8. The van der Waals surface area contributed by atoms with Crippen molar-refractivity contribution in [1.29, 1.82) is 0 Å². The molecule has 0 aliphatic carbocycles. The predicted molar refractivity (Wildman–Crippen MR) is 72.4 cm³/mol. The van der Waals surface area contributed by atoms with E-state index < -0.39 is 5.97 Å². The third kappa shape index (κ3) is 2.97. The van der Waals surface area contributed by atoms with Crippen LogP contribution in [0.5, 0.6) is 0 Å². The number of benzene rings is 1. The molecule has 0 aliphatic rings. The van der Waals surface area contributed by atoms with Gasteiger partial charge in [0, 0.05) is 11.3 Å². The Balaban J connectivity index is 2.00. The van der Waals surface area contributed by atoms with Gasteiger partial charge in [-0.3, -0.25) is 4.79 Å². The molecule has 20 heavy (non-hydrogen) atoms. The van der Waals surface area contributed by atoms with Gasteiger partial charge in [0.1, 0.15) is 5.76 Å². The number of nitrogens with two attached hydrogens (primary N) is 1. The van der Waals surface area contributed by atoms with Crippen LogP contribution in [0.25, 0.3) is 0 Å². The fraction of sp³-hybridized carbons (Fsp3) is 0.143. The summed E-state index contributed by atoms with van der Waals surface area (Å²) in [5.41, 5.74) is 7.63. The monoisotopic (exact) mass is 274 g/mol. The van der Waals surface area contributed by atoms with Crippen molar-refractivity contribution in [2.24, 2.45) is 0 Å². The van der Waals surface area contributed by atoms with Gasteiger partial charge in [-0.1, -0.05) is 6.07 Å². The molecule has 0 fully saturated rings. The fourth-order valence-corrected chi connectivity index (χ4v) is 1.64. The van der Waals surface area contributed by atoms with Crippen LogP contribution < -0.4 is 11.1 Å². The second-order valence-corrected chi connectivity index (χ2v) is 4.33. The Morgan fingerprint density at radius 1 is 1.30 bits per heavy atom. The van der Waals surface area contributed by atoms with Gasteiger partial charge in [-0.25, -0.2) is 4.79 Å². The van der Waals surface area contributed by atoms with E-state index in [-0.39, 0.29) is 18.2 Å². The Morgan fingerprint density at radius 3 is 2.65 bits per heavy atom. The number of carboxylic acids is 1. The number of aromatic carboxylic acids is 1. The first-order valence-corrected chi connectivity index (χ1v) is 5.93. The van der Waals surface area contributed by atoms with Crippen molar-refractivity contribution >= 4 is 17.6 Å². The number of hydrogen-bond acceptors (Lipinski definition) is 4. The van der Waals surface area contributed by atoms with Crippen LogP contribution in [0.3, 0.4) is 0 Å². The van der Waals surface area contributed by atoms with E-state index in [1.54, 1.807) is 18.2 Å². The van der Waals surface area contributed by atoms with E-state index >= 15 is 0 Å². The minimum Gasteiger partial charge on any atom is -0.475 e. The van der Waals surface area contributed by atoms with Crippen LogP contribution in [-0.4, -0.2) is 17.0 Å². The maximum absolute atomic E-state index is 11.9. The van der Waals surface area contributed by atoms with Crippen molar-refractivity contribution in [3.63, 3.8) is 0 Å². The summed E-state index contributed by atoms with van der Waals surface area (Å²) in [6.07, 6.45) is 0. The van der Waals surface area contributed by atoms with Gasteiger partial charge in [0.2, 0.25) is 5.76 Å². The van der Waals surface area contributed by atoms with Crippen molar-refractivity contribution in [3.05, 3.63) is 53.0 Å². The van der Waals surface area contributed by atoms with Gasteiger partial charge in [-0.15, -0.1) is 0 Å². The van der Waals surface area contributed by atoms with E-state index in [0.29, 0.717) is 17.0 Å². The smallest absolute Gasteiger partial charge is 0.371 e. The van der Waals surface area contributed by atoms with E-state index in [9.17, 15) is 9.59 Å². The minimum absolute atomic E-state index is 0.111. The molecule has 0 spiro atoms. The quantitative estimate of drug-likeness (QED) is 0.737. The summed E-state index contributed by atoms with van der Waals surface area (Å²) in [6, 6.07) is 7.88. The van der Waals surface area contributed by atoms with Crippen LogP contribution in [0.4, 0.5) is 5.69 Å². The van der Waals surface area contributed by atoms with Crippen molar-refractivity contribution in [1.82, 2.24) is 5.32 Å². The molecule has 6 nitrogen and oxygen atoms in total. The number of aryl methyl sites for hydroxylation is 1. The highest BCUT2D eigenvalue weighted by molar-refractivity contribution is 5.95. The van der Waals surface area contributed by atoms with Crippen LogP contribution in [0.2, 0.25) is 0 Å². The zero-order chi connectivity index (χ0) is 14.7. The Hall–Kier alpha value is -2.76. The molecule has 4 N–H and O–H groups in total. The highest BCUT2D eigenvalue weighted by Crippen LogP contribution is 2.13. The molecule has 0 atom stereocenters. The molecule has 1 heterocycles. The van der Waals surface area contributed by atoms with Crippen molar-refractivity contribution in [3.8, 4) is 0 Å². The van der Waals surface area contributed by atoms with E-state index in [1.807, 2.05) is 6.92 Å². The third-order valence-electron chi connectivity index (χ3n) is 2.84. The molecule has 0 unspecified atom stereocenters. The lowest BCUT2D eigenvalue weighted by atomic mass is 10.1. The molecule has 6 heteroatoms. The lowest BCUT2D eigenvalue weighted by molar-refractivity contribution is 0.0660. The van der Waals surface area contributed by atoms with Crippen molar-refractivity contribution in [2.45, 2.75) is 13.5 Å². The summed E-state index contributed by atoms with van der Waals surface area (Å²) < 4.78 is 5.04. The number of carboxylic acid groups (broad SMARTS) is 1. The Kier molecular flexibility index (Phi) is 3.74. The number of amides is 1. The highest BCUT2D eigenvalue weighted by Gasteiger charge is 2.11. The predicted octanol–water partition coefficient (Wildman–Crippen LogP) is 1.80. The lowest BCUT2D eigenvalue weighted by Gasteiger charge is -2.05. The Bertz CT molecular complexity index is 661. The maximum atomic E-state index is 11.9. The molecular formula is C14H14N2O4. The van der Waals surface area contributed by atoms with Gasteiger partial charge >= 0.3 is 5.97 Å². The van der Waals surface area contributed by atoms with Crippen LogP contribution in [0, 0.1) is 6.92 Å². The first-order chi connectivity index (χ1) is 9.47. The molecule has 1 aromatic heterocycles. The highest BCUT2D eigenvalue weighted by atomic mass is 16.4. The largest absolute Gasteiger partial charge is 0.475 e. The minimum atomic E-state index is -1.14. The van der Waals surface area contributed by atoms with Crippen LogP contribution in [0.1, 0.15) is 32.2 Å². The number of anilines is 1. The van der Waals surface area contributed by atoms with Crippen LogP contribution in [-0.2, 0) is 6.54 Å². The van der Waals surface area contributed by atoms with E-state index in [2.05, 4.69) is 5.32 Å². The molecule has 1 amide bonds. The number of rotatable bonds is 4. The second kappa shape index (κ2) is 5.48. The number of carbonyl (C=O) groups excluding carboxylic acids is 1. The molecule has 2 aromatic rings.